The molecule has 0 aliphatic rings. The molecule has 0 radical (unpaired) electrons. The summed E-state index contributed by atoms with van der Waals surface area (Å²) in [5, 5.41) is 7.87. The molecule has 0 bridgehead atoms. The zero-order valence-electron chi connectivity index (χ0n) is 16.9. The Morgan fingerprint density at radius 1 is 1.07 bits per heavy atom. The molecule has 2 aromatic heterocycles. The Balaban J connectivity index is 1.64. The standard InChI is InChI=1S/C22H23N5OS/c1-14-20(15(2)26(4)25-14)24-21(28)16(3)29-22-23-18-12-8-9-13-19(18)27(22)17-10-6-5-7-11-17/h5-13,16H,1-4H3,(H,24,28). The second kappa shape index (κ2) is 7.75. The smallest absolute Gasteiger partial charge is 0.237 e. The predicted octanol–water partition coefficient (Wildman–Crippen LogP) is 4.50. The summed E-state index contributed by atoms with van der Waals surface area (Å²) < 4.78 is 3.88. The molecule has 4 aromatic rings. The molecule has 2 aromatic carbocycles. The normalized spacial score (nSPS) is 12.3. The van der Waals surface area contributed by atoms with Crippen molar-refractivity contribution in [1.82, 2.24) is 19.3 Å². The summed E-state index contributed by atoms with van der Waals surface area (Å²) in [4.78, 5) is 17.7. The average molecular weight is 406 g/mol. The number of carbonyl (C=O) groups is 1. The molecule has 0 saturated heterocycles. The maximum absolute atomic E-state index is 12.9. The molecule has 1 atom stereocenters. The van der Waals surface area contributed by atoms with E-state index in [2.05, 4.69) is 15.0 Å². The number of benzene rings is 2. The summed E-state index contributed by atoms with van der Waals surface area (Å²) >= 11 is 1.45. The lowest BCUT2D eigenvalue weighted by Gasteiger charge is -2.14. The van der Waals surface area contributed by atoms with Gasteiger partial charge in [0.15, 0.2) is 5.16 Å². The van der Waals surface area contributed by atoms with Crippen molar-refractivity contribution in [3.63, 3.8) is 0 Å². The van der Waals surface area contributed by atoms with Gasteiger partial charge in [-0.15, -0.1) is 0 Å². The van der Waals surface area contributed by atoms with Crippen molar-refractivity contribution in [2.45, 2.75) is 31.2 Å². The molecule has 148 valence electrons. The fourth-order valence-electron chi connectivity index (χ4n) is 3.30. The topological polar surface area (TPSA) is 64.7 Å². The van der Waals surface area contributed by atoms with Crippen LogP contribution in [0.25, 0.3) is 16.7 Å². The molecule has 29 heavy (non-hydrogen) atoms. The number of rotatable bonds is 5. The molecule has 2 heterocycles. The van der Waals surface area contributed by atoms with Gasteiger partial charge in [-0.05, 0) is 45.0 Å². The van der Waals surface area contributed by atoms with Crippen LogP contribution in [0.1, 0.15) is 18.3 Å². The Bertz CT molecular complexity index is 1180. The van der Waals surface area contributed by atoms with Gasteiger partial charge in [0.1, 0.15) is 0 Å². The highest BCUT2D eigenvalue weighted by Gasteiger charge is 2.22. The lowest BCUT2D eigenvalue weighted by Crippen LogP contribution is -2.23. The SMILES string of the molecule is Cc1nn(C)c(C)c1NC(=O)C(C)Sc1nc2ccccc2n1-c1ccccc1. The van der Waals surface area contributed by atoms with Crippen LogP contribution in [0, 0.1) is 13.8 Å². The number of fused-ring (bicyclic) bond motifs is 1. The van der Waals surface area contributed by atoms with Gasteiger partial charge in [0.2, 0.25) is 5.91 Å². The molecule has 0 fully saturated rings. The second-order valence-corrected chi connectivity index (χ2v) is 8.28. The first-order valence-corrected chi connectivity index (χ1v) is 10.3. The number of carbonyl (C=O) groups excluding carboxylic acids is 1. The van der Waals surface area contributed by atoms with E-state index in [-0.39, 0.29) is 11.2 Å². The summed E-state index contributed by atoms with van der Waals surface area (Å²) in [7, 11) is 1.87. The Morgan fingerprint density at radius 2 is 1.76 bits per heavy atom. The van der Waals surface area contributed by atoms with Gasteiger partial charge in [0.25, 0.3) is 0 Å². The molecule has 0 aliphatic heterocycles. The van der Waals surface area contributed by atoms with Crippen molar-refractivity contribution in [3.8, 4) is 5.69 Å². The van der Waals surface area contributed by atoms with Gasteiger partial charge in [-0.2, -0.15) is 5.10 Å². The van der Waals surface area contributed by atoms with Crippen LogP contribution in [0.4, 0.5) is 5.69 Å². The molecule has 0 spiro atoms. The Morgan fingerprint density at radius 3 is 2.45 bits per heavy atom. The lowest BCUT2D eigenvalue weighted by molar-refractivity contribution is -0.115. The summed E-state index contributed by atoms with van der Waals surface area (Å²) in [6.07, 6.45) is 0. The van der Waals surface area contributed by atoms with Gasteiger partial charge in [-0.3, -0.25) is 14.0 Å². The molecule has 1 N–H and O–H groups in total. The lowest BCUT2D eigenvalue weighted by atomic mass is 10.3. The van der Waals surface area contributed by atoms with Crippen molar-refractivity contribution in [2.24, 2.45) is 7.05 Å². The molecule has 7 heteroatoms. The highest BCUT2D eigenvalue weighted by Crippen LogP contribution is 2.31. The highest BCUT2D eigenvalue weighted by molar-refractivity contribution is 8.00. The molecular weight excluding hydrogens is 382 g/mol. The zero-order chi connectivity index (χ0) is 20.5. The third-order valence-electron chi connectivity index (χ3n) is 4.95. The number of aryl methyl sites for hydroxylation is 2. The van der Waals surface area contributed by atoms with Crippen LogP contribution in [-0.4, -0.2) is 30.5 Å². The highest BCUT2D eigenvalue weighted by atomic mass is 32.2. The van der Waals surface area contributed by atoms with Crippen LogP contribution in [0.15, 0.2) is 59.8 Å². The molecule has 4 rings (SSSR count). The number of thioether (sulfide) groups is 1. The minimum atomic E-state index is -0.326. The number of anilines is 1. The van der Waals surface area contributed by atoms with Crippen LogP contribution >= 0.6 is 11.8 Å². The van der Waals surface area contributed by atoms with Gasteiger partial charge in [-0.1, -0.05) is 42.1 Å². The van der Waals surface area contributed by atoms with Crippen LogP contribution in [0.5, 0.6) is 0 Å². The fourth-order valence-corrected chi connectivity index (χ4v) is 4.24. The van der Waals surface area contributed by atoms with E-state index < -0.39 is 0 Å². The van der Waals surface area contributed by atoms with E-state index in [1.807, 2.05) is 82.4 Å². The van der Waals surface area contributed by atoms with Gasteiger partial charge >= 0.3 is 0 Å². The number of aromatic nitrogens is 4. The number of hydrogen-bond acceptors (Lipinski definition) is 4. The van der Waals surface area contributed by atoms with Crippen LogP contribution in [-0.2, 0) is 11.8 Å². The summed E-state index contributed by atoms with van der Waals surface area (Å²) in [6.45, 7) is 5.74. The minimum absolute atomic E-state index is 0.0686. The van der Waals surface area contributed by atoms with E-state index in [1.54, 1.807) is 4.68 Å². The van der Waals surface area contributed by atoms with E-state index in [0.717, 1.165) is 39.0 Å². The van der Waals surface area contributed by atoms with Gasteiger partial charge < -0.3 is 5.32 Å². The second-order valence-electron chi connectivity index (χ2n) is 6.97. The third-order valence-corrected chi connectivity index (χ3v) is 6.01. The monoisotopic (exact) mass is 405 g/mol. The number of para-hydroxylation sites is 3. The van der Waals surface area contributed by atoms with E-state index in [1.165, 1.54) is 11.8 Å². The van der Waals surface area contributed by atoms with E-state index in [4.69, 9.17) is 4.98 Å². The molecular formula is C22H23N5OS. The maximum atomic E-state index is 12.9. The zero-order valence-corrected chi connectivity index (χ0v) is 17.7. The van der Waals surface area contributed by atoms with Gasteiger partial charge in [0, 0.05) is 12.7 Å². The number of nitrogens with zero attached hydrogens (tertiary/aromatic N) is 4. The summed E-state index contributed by atoms with van der Waals surface area (Å²) in [5.74, 6) is -0.0686. The first-order valence-electron chi connectivity index (χ1n) is 9.46. The minimum Gasteiger partial charge on any atom is -0.322 e. The largest absolute Gasteiger partial charge is 0.322 e. The Kier molecular flexibility index (Phi) is 5.15. The predicted molar refractivity (Wildman–Crippen MR) is 118 cm³/mol. The molecule has 6 nitrogen and oxygen atoms in total. The van der Waals surface area contributed by atoms with Crippen molar-refractivity contribution in [3.05, 3.63) is 66.0 Å². The number of imidazole rings is 1. The van der Waals surface area contributed by atoms with E-state index in [9.17, 15) is 4.79 Å². The first-order chi connectivity index (χ1) is 14.0. The van der Waals surface area contributed by atoms with Gasteiger partial charge in [0.05, 0.1) is 33.4 Å². The maximum Gasteiger partial charge on any atom is 0.237 e. The van der Waals surface area contributed by atoms with Crippen LogP contribution in [0.3, 0.4) is 0 Å². The molecule has 1 amide bonds. The average Bonchev–Trinajstić information content (AvgIpc) is 3.20. The van der Waals surface area contributed by atoms with Crippen LogP contribution in [0.2, 0.25) is 0 Å². The molecule has 1 unspecified atom stereocenters. The quantitative estimate of drug-likeness (QED) is 0.497. The third kappa shape index (κ3) is 3.65. The number of nitrogens with one attached hydrogen (secondary N) is 1. The molecule has 0 aliphatic carbocycles. The summed E-state index contributed by atoms with van der Waals surface area (Å²) in [6, 6.07) is 18.1. The van der Waals surface area contributed by atoms with E-state index in [0.29, 0.717) is 0 Å². The fraction of sp³-hybridized carbons (Fsp3) is 0.227. The van der Waals surface area contributed by atoms with Crippen molar-refractivity contribution in [1.29, 1.82) is 0 Å². The van der Waals surface area contributed by atoms with Crippen molar-refractivity contribution in [2.75, 3.05) is 5.32 Å². The Labute approximate surface area is 173 Å². The van der Waals surface area contributed by atoms with Crippen molar-refractivity contribution < 1.29 is 4.79 Å². The Hall–Kier alpha value is -3.06. The number of amides is 1. The number of hydrogen-bond donors (Lipinski definition) is 1. The first kappa shape index (κ1) is 19.3. The summed E-state index contributed by atoms with van der Waals surface area (Å²) in [5.41, 5.74) is 5.48. The van der Waals surface area contributed by atoms with E-state index >= 15 is 0 Å². The van der Waals surface area contributed by atoms with Crippen LogP contribution < -0.4 is 5.32 Å². The van der Waals surface area contributed by atoms with Gasteiger partial charge in [-0.25, -0.2) is 4.98 Å². The molecule has 0 saturated carbocycles. The van der Waals surface area contributed by atoms with Crippen molar-refractivity contribution >= 4 is 34.4 Å².